The normalized spacial score (nSPS) is 11.7. The van der Waals surface area contributed by atoms with Crippen LogP contribution in [0.15, 0.2) is 18.2 Å². The van der Waals surface area contributed by atoms with E-state index >= 15 is 0 Å². The minimum absolute atomic E-state index is 0.988. The van der Waals surface area contributed by atoms with E-state index in [1.54, 1.807) is 0 Å². The molecule has 0 saturated heterocycles. The standard InChI is InChI=1S/C12H21N2/c1-5-14(6-2,7-3)12-10-8-9-11(4)13-12/h8-10H,5-7H2,1-4H3/q+1. The van der Waals surface area contributed by atoms with Gasteiger partial charge in [-0.3, -0.25) is 4.48 Å². The van der Waals surface area contributed by atoms with Gasteiger partial charge in [0.25, 0.3) is 0 Å². The first-order chi connectivity index (χ1) is 6.68. The van der Waals surface area contributed by atoms with Gasteiger partial charge < -0.3 is 0 Å². The molecule has 0 aliphatic carbocycles. The predicted octanol–water partition coefficient (Wildman–Crippen LogP) is 2.76. The number of aromatic nitrogens is 1. The second-order valence-corrected chi connectivity index (χ2v) is 3.73. The van der Waals surface area contributed by atoms with Crippen LogP contribution < -0.4 is 4.48 Å². The van der Waals surface area contributed by atoms with Crippen molar-refractivity contribution in [2.75, 3.05) is 19.6 Å². The third-order valence-electron chi connectivity index (χ3n) is 3.18. The molecular formula is C12H21N2+. The minimum atomic E-state index is 0.988. The van der Waals surface area contributed by atoms with E-state index < -0.39 is 0 Å². The average molecular weight is 193 g/mol. The summed E-state index contributed by atoms with van der Waals surface area (Å²) in [4.78, 5) is 4.63. The van der Waals surface area contributed by atoms with Crippen molar-refractivity contribution in [2.45, 2.75) is 27.7 Å². The van der Waals surface area contributed by atoms with Crippen LogP contribution in [0.4, 0.5) is 5.82 Å². The van der Waals surface area contributed by atoms with Gasteiger partial charge in [0, 0.05) is 11.8 Å². The van der Waals surface area contributed by atoms with Crippen LogP contribution >= 0.6 is 0 Å². The monoisotopic (exact) mass is 193 g/mol. The third-order valence-corrected chi connectivity index (χ3v) is 3.18. The molecule has 0 amide bonds. The number of aryl methyl sites for hydroxylation is 1. The number of hydrogen-bond donors (Lipinski definition) is 0. The van der Waals surface area contributed by atoms with Crippen molar-refractivity contribution in [1.82, 2.24) is 9.47 Å². The van der Waals surface area contributed by atoms with Crippen LogP contribution in [0.1, 0.15) is 26.5 Å². The molecule has 0 fully saturated rings. The van der Waals surface area contributed by atoms with Gasteiger partial charge in [0.15, 0.2) is 0 Å². The molecular weight excluding hydrogens is 172 g/mol. The van der Waals surface area contributed by atoms with Gasteiger partial charge in [0.05, 0.1) is 19.6 Å². The van der Waals surface area contributed by atoms with Crippen molar-refractivity contribution in [3.8, 4) is 0 Å². The van der Waals surface area contributed by atoms with Crippen molar-refractivity contribution in [2.24, 2.45) is 0 Å². The van der Waals surface area contributed by atoms with Gasteiger partial charge in [-0.15, -0.1) is 0 Å². The maximum Gasteiger partial charge on any atom is 0.227 e. The van der Waals surface area contributed by atoms with E-state index in [2.05, 4.69) is 50.9 Å². The molecule has 0 radical (unpaired) electrons. The fourth-order valence-electron chi connectivity index (χ4n) is 1.95. The number of rotatable bonds is 4. The summed E-state index contributed by atoms with van der Waals surface area (Å²) >= 11 is 0. The van der Waals surface area contributed by atoms with Gasteiger partial charge in [-0.05, 0) is 33.8 Å². The van der Waals surface area contributed by atoms with Crippen LogP contribution in [0.5, 0.6) is 0 Å². The lowest BCUT2D eigenvalue weighted by atomic mass is 10.3. The molecule has 14 heavy (non-hydrogen) atoms. The molecule has 0 spiro atoms. The summed E-state index contributed by atoms with van der Waals surface area (Å²) in [5.74, 6) is 1.21. The lowest BCUT2D eigenvalue weighted by Gasteiger charge is -2.33. The topological polar surface area (TPSA) is 12.9 Å². The van der Waals surface area contributed by atoms with Crippen LogP contribution in [0.25, 0.3) is 0 Å². The number of quaternary nitrogens is 1. The first kappa shape index (κ1) is 11.2. The second-order valence-electron chi connectivity index (χ2n) is 3.73. The summed E-state index contributed by atoms with van der Waals surface area (Å²) in [6.45, 7) is 12.1. The van der Waals surface area contributed by atoms with Crippen molar-refractivity contribution in [3.05, 3.63) is 23.9 Å². The Hall–Kier alpha value is -0.890. The Bertz CT molecular complexity index is 282. The highest BCUT2D eigenvalue weighted by molar-refractivity contribution is 5.35. The van der Waals surface area contributed by atoms with Gasteiger partial charge in [-0.2, -0.15) is 0 Å². The van der Waals surface area contributed by atoms with Gasteiger partial charge in [-0.1, -0.05) is 6.07 Å². The predicted molar refractivity (Wildman–Crippen MR) is 62.4 cm³/mol. The maximum atomic E-state index is 4.63. The van der Waals surface area contributed by atoms with E-state index in [1.165, 1.54) is 5.82 Å². The van der Waals surface area contributed by atoms with Gasteiger partial charge in [0.2, 0.25) is 5.82 Å². The first-order valence-electron chi connectivity index (χ1n) is 5.48. The van der Waals surface area contributed by atoms with Gasteiger partial charge in [0.1, 0.15) is 0 Å². The van der Waals surface area contributed by atoms with Crippen LogP contribution in [-0.2, 0) is 0 Å². The SMILES string of the molecule is CC[N+](CC)(CC)c1cccc(C)n1. The molecule has 0 aliphatic rings. The summed E-state index contributed by atoms with van der Waals surface area (Å²) in [6, 6.07) is 6.30. The van der Waals surface area contributed by atoms with Crippen LogP contribution in [-0.4, -0.2) is 24.6 Å². The van der Waals surface area contributed by atoms with E-state index in [-0.39, 0.29) is 0 Å². The van der Waals surface area contributed by atoms with E-state index in [0.29, 0.717) is 0 Å². The molecule has 78 valence electrons. The van der Waals surface area contributed by atoms with E-state index in [1.807, 2.05) is 0 Å². The quantitative estimate of drug-likeness (QED) is 0.670. The van der Waals surface area contributed by atoms with E-state index in [9.17, 15) is 0 Å². The number of hydrogen-bond acceptors (Lipinski definition) is 1. The Morgan fingerprint density at radius 1 is 1.07 bits per heavy atom. The molecule has 2 heteroatoms. The zero-order chi connectivity index (χ0) is 10.6. The van der Waals surface area contributed by atoms with Crippen LogP contribution in [0.2, 0.25) is 0 Å². The molecule has 1 aromatic rings. The van der Waals surface area contributed by atoms with Crippen molar-refractivity contribution < 1.29 is 0 Å². The average Bonchev–Trinajstić information content (AvgIpc) is 2.22. The summed E-state index contributed by atoms with van der Waals surface area (Å²) < 4.78 is 0.988. The van der Waals surface area contributed by atoms with Crippen LogP contribution in [0, 0.1) is 6.92 Å². The highest BCUT2D eigenvalue weighted by atomic mass is 15.4. The Balaban J connectivity index is 3.10. The van der Waals surface area contributed by atoms with E-state index in [0.717, 1.165) is 29.8 Å². The fraction of sp³-hybridized carbons (Fsp3) is 0.583. The zero-order valence-corrected chi connectivity index (χ0v) is 9.75. The second kappa shape index (κ2) is 4.56. The van der Waals surface area contributed by atoms with Crippen LogP contribution in [0.3, 0.4) is 0 Å². The highest BCUT2D eigenvalue weighted by Gasteiger charge is 2.25. The zero-order valence-electron chi connectivity index (χ0n) is 9.75. The van der Waals surface area contributed by atoms with Gasteiger partial charge >= 0.3 is 0 Å². The molecule has 1 heterocycles. The molecule has 1 rings (SSSR count). The smallest absolute Gasteiger partial charge is 0.227 e. The Labute approximate surface area is 87.2 Å². The highest BCUT2D eigenvalue weighted by Crippen LogP contribution is 2.19. The van der Waals surface area contributed by atoms with Crippen molar-refractivity contribution >= 4 is 5.82 Å². The number of pyridine rings is 1. The molecule has 2 nitrogen and oxygen atoms in total. The summed E-state index contributed by atoms with van der Waals surface area (Å²) in [5, 5.41) is 0. The van der Waals surface area contributed by atoms with Gasteiger partial charge in [-0.25, -0.2) is 4.98 Å². The largest absolute Gasteiger partial charge is 0.275 e. The Kier molecular flexibility index (Phi) is 3.64. The van der Waals surface area contributed by atoms with Crippen molar-refractivity contribution in [3.63, 3.8) is 0 Å². The molecule has 0 saturated carbocycles. The molecule has 0 aliphatic heterocycles. The summed E-state index contributed by atoms with van der Waals surface area (Å²) in [6.07, 6.45) is 0. The lowest BCUT2D eigenvalue weighted by molar-refractivity contribution is 0.307. The molecule has 0 bridgehead atoms. The fourth-order valence-corrected chi connectivity index (χ4v) is 1.95. The lowest BCUT2D eigenvalue weighted by Crippen LogP contribution is -2.49. The first-order valence-corrected chi connectivity index (χ1v) is 5.48. The Morgan fingerprint density at radius 2 is 1.64 bits per heavy atom. The maximum absolute atomic E-state index is 4.63. The molecule has 1 aromatic heterocycles. The molecule has 0 N–H and O–H groups in total. The minimum Gasteiger partial charge on any atom is -0.275 e. The Morgan fingerprint density at radius 3 is 2.07 bits per heavy atom. The third kappa shape index (κ3) is 1.95. The molecule has 0 atom stereocenters. The molecule has 0 aromatic carbocycles. The summed E-state index contributed by atoms with van der Waals surface area (Å²) in [7, 11) is 0. The summed E-state index contributed by atoms with van der Waals surface area (Å²) in [5.41, 5.74) is 1.11. The number of nitrogens with zero attached hydrogens (tertiary/aromatic N) is 2. The van der Waals surface area contributed by atoms with Crippen molar-refractivity contribution in [1.29, 1.82) is 0 Å². The van der Waals surface area contributed by atoms with E-state index in [4.69, 9.17) is 0 Å². The molecule has 0 unspecified atom stereocenters.